The molecule has 0 saturated carbocycles. The number of nitrogens with one attached hydrogen (secondary N) is 2. The summed E-state index contributed by atoms with van der Waals surface area (Å²) in [5, 5.41) is 3.34. The van der Waals surface area contributed by atoms with Crippen molar-refractivity contribution in [3.8, 4) is 5.75 Å². The Balaban J connectivity index is 1.81. The van der Waals surface area contributed by atoms with Crippen LogP contribution < -0.4 is 10.1 Å². The van der Waals surface area contributed by atoms with Gasteiger partial charge in [0, 0.05) is 27.8 Å². The number of carbonyl (C=O) groups is 2. The molecule has 3 aromatic rings. The number of allylic oxidation sites excluding steroid dienone is 3. The summed E-state index contributed by atoms with van der Waals surface area (Å²) < 4.78 is 5.14. The van der Waals surface area contributed by atoms with Crippen LogP contribution in [0.3, 0.4) is 0 Å². The number of anilines is 1. The number of rotatable bonds is 4. The van der Waals surface area contributed by atoms with Crippen molar-refractivity contribution < 1.29 is 14.3 Å². The molecule has 7 heteroatoms. The maximum atomic E-state index is 13.4. The Hall–Kier alpha value is -3.02. The van der Waals surface area contributed by atoms with Gasteiger partial charge in [0.2, 0.25) is 11.6 Å². The maximum absolute atomic E-state index is 13.4. The Morgan fingerprint density at radius 1 is 0.931 bits per heavy atom. The number of Topliss-reactive ketones (excluding diaryl/α,β-unsaturated/α-hetero) is 2. The van der Waals surface area contributed by atoms with Crippen LogP contribution in [0, 0.1) is 6.92 Å². The highest BCUT2D eigenvalue weighted by Crippen LogP contribution is 2.39. The average Bonchev–Trinajstić information content (AvgIpc) is 3.06. The van der Waals surface area contributed by atoms with Crippen LogP contribution in [0.5, 0.6) is 5.75 Å². The fourth-order valence-corrected chi connectivity index (χ4v) is 3.95. The summed E-state index contributed by atoms with van der Waals surface area (Å²) in [5.74, 6) is -0.369. The minimum atomic E-state index is -0.594. The van der Waals surface area contributed by atoms with E-state index in [4.69, 9.17) is 27.9 Å². The second-order valence-corrected chi connectivity index (χ2v) is 7.32. The van der Waals surface area contributed by atoms with Crippen LogP contribution in [0.4, 0.5) is 5.69 Å². The number of carbonyl (C=O) groups excluding carboxylic acids is 2. The van der Waals surface area contributed by atoms with Gasteiger partial charge in [0.1, 0.15) is 21.5 Å². The molecule has 0 saturated heterocycles. The van der Waals surface area contributed by atoms with Gasteiger partial charge < -0.3 is 15.0 Å². The predicted octanol–water partition coefficient (Wildman–Crippen LogP) is 5.15. The van der Waals surface area contributed by atoms with Crippen molar-refractivity contribution in [3.63, 3.8) is 0 Å². The van der Waals surface area contributed by atoms with E-state index in [-0.39, 0.29) is 21.3 Å². The maximum Gasteiger partial charge on any atom is 0.218 e. The molecule has 0 spiro atoms. The normalized spacial score (nSPS) is 14.8. The Morgan fingerprint density at radius 3 is 2.31 bits per heavy atom. The standard InChI is InChI=1S/C22H16Cl2N2O3/c1-11-16(14-5-3-4-6-15(14)25-11)17-18(23)22(28)19(24)20(21(17)27)26-12-7-9-13(29-2)10-8-12/h3-10,25-26H,1-2H3. The molecule has 1 aliphatic rings. The van der Waals surface area contributed by atoms with Gasteiger partial charge in [0.15, 0.2) is 0 Å². The van der Waals surface area contributed by atoms with Gasteiger partial charge >= 0.3 is 0 Å². The van der Waals surface area contributed by atoms with Gasteiger partial charge in [-0.15, -0.1) is 0 Å². The number of para-hydroxylation sites is 1. The fraction of sp³-hybridized carbons (Fsp3) is 0.0909. The van der Waals surface area contributed by atoms with Crippen molar-refractivity contribution >= 4 is 56.9 Å². The van der Waals surface area contributed by atoms with E-state index < -0.39 is 11.6 Å². The minimum absolute atomic E-state index is 0.00841. The number of aromatic nitrogens is 1. The molecule has 0 fully saturated rings. The van der Waals surface area contributed by atoms with Gasteiger partial charge in [-0.05, 0) is 37.3 Å². The Morgan fingerprint density at radius 2 is 1.62 bits per heavy atom. The van der Waals surface area contributed by atoms with Crippen LogP contribution >= 0.6 is 23.2 Å². The summed E-state index contributed by atoms with van der Waals surface area (Å²) in [5.41, 5.74) is 2.90. The molecular formula is C22H16Cl2N2O3. The number of ether oxygens (including phenoxy) is 1. The summed E-state index contributed by atoms with van der Waals surface area (Å²) in [7, 11) is 1.56. The Labute approximate surface area is 177 Å². The van der Waals surface area contributed by atoms with Crippen molar-refractivity contribution in [2.75, 3.05) is 12.4 Å². The lowest BCUT2D eigenvalue weighted by molar-refractivity contribution is -0.114. The first-order valence-corrected chi connectivity index (χ1v) is 9.55. The summed E-state index contributed by atoms with van der Waals surface area (Å²) in [6, 6.07) is 14.4. The third-order valence-electron chi connectivity index (χ3n) is 4.79. The number of ketones is 2. The van der Waals surface area contributed by atoms with E-state index >= 15 is 0 Å². The molecule has 0 amide bonds. The number of aryl methyl sites for hydroxylation is 1. The number of hydrogen-bond donors (Lipinski definition) is 2. The average molecular weight is 427 g/mol. The highest BCUT2D eigenvalue weighted by atomic mass is 35.5. The van der Waals surface area contributed by atoms with E-state index in [9.17, 15) is 9.59 Å². The molecule has 0 radical (unpaired) electrons. The van der Waals surface area contributed by atoms with Gasteiger partial charge in [0.05, 0.1) is 12.7 Å². The smallest absolute Gasteiger partial charge is 0.218 e. The summed E-state index contributed by atoms with van der Waals surface area (Å²) in [6.07, 6.45) is 0. The van der Waals surface area contributed by atoms with Crippen LogP contribution in [0.1, 0.15) is 11.3 Å². The van der Waals surface area contributed by atoms with E-state index in [1.165, 1.54) is 0 Å². The van der Waals surface area contributed by atoms with Gasteiger partial charge in [-0.3, -0.25) is 9.59 Å². The zero-order valence-electron chi connectivity index (χ0n) is 15.6. The van der Waals surface area contributed by atoms with Crippen LogP contribution in [0.15, 0.2) is 64.3 Å². The van der Waals surface area contributed by atoms with Gasteiger partial charge in [-0.25, -0.2) is 0 Å². The molecule has 5 nitrogen and oxygen atoms in total. The molecular weight excluding hydrogens is 411 g/mol. The molecule has 0 unspecified atom stereocenters. The molecule has 1 heterocycles. The topological polar surface area (TPSA) is 71.2 Å². The molecule has 2 N–H and O–H groups in total. The molecule has 0 bridgehead atoms. The molecule has 2 aromatic carbocycles. The number of H-pyrrole nitrogens is 1. The largest absolute Gasteiger partial charge is 0.497 e. The van der Waals surface area contributed by atoms with Crippen molar-refractivity contribution in [2.24, 2.45) is 0 Å². The first-order chi connectivity index (χ1) is 13.9. The quantitative estimate of drug-likeness (QED) is 0.565. The van der Waals surface area contributed by atoms with Crippen LogP contribution in [0.25, 0.3) is 16.5 Å². The van der Waals surface area contributed by atoms with Gasteiger partial charge in [-0.2, -0.15) is 0 Å². The van der Waals surface area contributed by atoms with Gasteiger partial charge in [-0.1, -0.05) is 41.4 Å². The van der Waals surface area contributed by atoms with Crippen molar-refractivity contribution in [3.05, 3.63) is 75.5 Å². The van der Waals surface area contributed by atoms with Crippen molar-refractivity contribution in [1.29, 1.82) is 0 Å². The summed E-state index contributed by atoms with van der Waals surface area (Å²) in [6.45, 7) is 1.83. The minimum Gasteiger partial charge on any atom is -0.497 e. The first kappa shape index (κ1) is 19.3. The molecule has 0 atom stereocenters. The van der Waals surface area contributed by atoms with E-state index in [0.717, 1.165) is 16.6 Å². The summed E-state index contributed by atoms with van der Waals surface area (Å²) in [4.78, 5) is 29.3. The number of methoxy groups -OCH3 is 1. The van der Waals surface area contributed by atoms with Crippen LogP contribution in [-0.4, -0.2) is 23.7 Å². The predicted molar refractivity (Wildman–Crippen MR) is 115 cm³/mol. The second kappa shape index (κ2) is 7.43. The first-order valence-electron chi connectivity index (χ1n) is 8.80. The lowest BCUT2D eigenvalue weighted by atomic mass is 9.91. The highest BCUT2D eigenvalue weighted by molar-refractivity contribution is 6.63. The molecule has 146 valence electrons. The van der Waals surface area contributed by atoms with E-state index in [1.54, 1.807) is 31.4 Å². The molecule has 0 aliphatic heterocycles. The van der Waals surface area contributed by atoms with Gasteiger partial charge in [0.25, 0.3) is 0 Å². The lowest BCUT2D eigenvalue weighted by Crippen LogP contribution is -2.24. The van der Waals surface area contributed by atoms with Crippen LogP contribution in [-0.2, 0) is 9.59 Å². The molecule has 4 rings (SSSR count). The lowest BCUT2D eigenvalue weighted by Gasteiger charge is -2.20. The second-order valence-electron chi connectivity index (χ2n) is 6.56. The number of aromatic amines is 1. The van der Waals surface area contributed by atoms with Crippen molar-refractivity contribution in [2.45, 2.75) is 6.92 Å². The van der Waals surface area contributed by atoms with E-state index in [1.807, 2.05) is 31.2 Å². The third-order valence-corrected chi connectivity index (χ3v) is 5.52. The highest BCUT2D eigenvalue weighted by Gasteiger charge is 2.36. The fourth-order valence-electron chi connectivity index (χ4n) is 3.40. The molecule has 29 heavy (non-hydrogen) atoms. The number of halogens is 2. The van der Waals surface area contributed by atoms with E-state index in [0.29, 0.717) is 17.0 Å². The zero-order valence-corrected chi connectivity index (χ0v) is 17.1. The Bertz CT molecular complexity index is 1220. The monoisotopic (exact) mass is 426 g/mol. The SMILES string of the molecule is COc1ccc(NC2=C(Cl)C(=O)C(Cl)=C(c3c(C)[nH]c4ccccc34)C2=O)cc1. The Kier molecular flexibility index (Phi) is 4.94. The van der Waals surface area contributed by atoms with Crippen molar-refractivity contribution in [1.82, 2.24) is 4.98 Å². The van der Waals surface area contributed by atoms with E-state index in [2.05, 4.69) is 10.3 Å². The molecule has 1 aliphatic carbocycles. The number of benzene rings is 2. The zero-order chi connectivity index (χ0) is 20.7. The number of fused-ring (bicyclic) bond motifs is 1. The summed E-state index contributed by atoms with van der Waals surface area (Å²) >= 11 is 12.5. The molecule has 1 aromatic heterocycles. The third kappa shape index (κ3) is 3.22. The number of hydrogen-bond acceptors (Lipinski definition) is 4. The van der Waals surface area contributed by atoms with Crippen LogP contribution in [0.2, 0.25) is 0 Å².